The molecule has 0 radical (unpaired) electrons. The number of amides is 1. The van der Waals surface area contributed by atoms with Crippen LogP contribution < -0.4 is 11.5 Å². The van der Waals surface area contributed by atoms with Crippen molar-refractivity contribution < 1.29 is 9.18 Å². The molecule has 2 aliphatic heterocycles. The fourth-order valence-corrected chi connectivity index (χ4v) is 4.17. The Morgan fingerprint density at radius 2 is 2.10 bits per heavy atom. The van der Waals surface area contributed by atoms with E-state index in [1.54, 1.807) is 6.21 Å². The van der Waals surface area contributed by atoms with Crippen LogP contribution in [0.15, 0.2) is 40.2 Å². The molecule has 1 aromatic heterocycles. The SMILES string of the molecule is C=C(CC)CC/C=N\N=C(N)C(F)=C(N)C1C[C@H]2CC[C@@H](C1)N2C(=O)c1ncn[nH]1. The first-order valence-corrected chi connectivity index (χ1v) is 10.3. The molecule has 10 heteroatoms. The van der Waals surface area contributed by atoms with E-state index in [1.807, 2.05) is 11.8 Å². The zero-order valence-corrected chi connectivity index (χ0v) is 17.2. The van der Waals surface area contributed by atoms with Gasteiger partial charge >= 0.3 is 0 Å². The van der Waals surface area contributed by atoms with E-state index in [9.17, 15) is 9.18 Å². The quantitative estimate of drug-likeness (QED) is 0.258. The molecule has 3 heterocycles. The molecule has 1 unspecified atom stereocenters. The summed E-state index contributed by atoms with van der Waals surface area (Å²) in [6.45, 7) is 5.96. The summed E-state index contributed by atoms with van der Waals surface area (Å²) in [5, 5.41) is 13.9. The summed E-state index contributed by atoms with van der Waals surface area (Å²) in [6, 6.07) is -0.0268. The summed E-state index contributed by atoms with van der Waals surface area (Å²) >= 11 is 0. The lowest BCUT2D eigenvalue weighted by molar-refractivity contribution is 0.0534. The van der Waals surface area contributed by atoms with Crippen molar-refractivity contribution in [3.8, 4) is 0 Å². The van der Waals surface area contributed by atoms with Gasteiger partial charge in [0.05, 0.1) is 5.70 Å². The second kappa shape index (κ2) is 9.64. The summed E-state index contributed by atoms with van der Waals surface area (Å²) < 4.78 is 14.7. The van der Waals surface area contributed by atoms with Crippen molar-refractivity contribution in [2.45, 2.75) is 64.0 Å². The van der Waals surface area contributed by atoms with E-state index >= 15 is 0 Å². The van der Waals surface area contributed by atoms with Crippen molar-refractivity contribution >= 4 is 18.0 Å². The first kappa shape index (κ1) is 21.7. The number of nitrogens with zero attached hydrogens (tertiary/aromatic N) is 5. The number of nitrogens with one attached hydrogen (secondary N) is 1. The Kier molecular flexibility index (Phi) is 6.96. The average molecular weight is 417 g/mol. The topological polar surface area (TPSA) is 139 Å². The molecule has 2 fully saturated rings. The number of H-pyrrole nitrogens is 1. The summed E-state index contributed by atoms with van der Waals surface area (Å²) in [4.78, 5) is 18.5. The lowest BCUT2D eigenvalue weighted by atomic mass is 9.87. The van der Waals surface area contributed by atoms with Gasteiger partial charge in [0.25, 0.3) is 5.91 Å². The molecule has 2 bridgehead atoms. The first-order valence-electron chi connectivity index (χ1n) is 10.3. The Hall–Kier alpha value is -3.04. The molecule has 0 aliphatic carbocycles. The van der Waals surface area contributed by atoms with E-state index in [2.05, 4.69) is 32.0 Å². The Morgan fingerprint density at radius 1 is 1.40 bits per heavy atom. The van der Waals surface area contributed by atoms with Crippen LogP contribution in [-0.4, -0.2) is 50.1 Å². The highest BCUT2D eigenvalue weighted by Gasteiger charge is 2.45. The van der Waals surface area contributed by atoms with Crippen LogP contribution in [0.1, 0.15) is 62.5 Å². The average Bonchev–Trinajstić information content (AvgIpc) is 3.38. The van der Waals surface area contributed by atoms with Gasteiger partial charge in [0.1, 0.15) is 6.33 Å². The summed E-state index contributed by atoms with van der Waals surface area (Å²) in [6.07, 6.45) is 8.15. The standard InChI is InChI=1S/C20H29FN8O/c1-3-12(2)5-4-8-25-27-18(23)16(21)17(22)13-9-14-6-7-15(10-13)29(14)20(30)19-24-11-26-28-19/h8,11,13-15H,2-7,9-10,22H2,1H3,(H2,23,27)(H,24,26,28)/b17-16?,25-8-/t13?,14-,15+. The number of allylic oxidation sites excluding steroid dienone is 2. The molecule has 3 atom stereocenters. The molecule has 1 amide bonds. The fourth-order valence-electron chi connectivity index (χ4n) is 4.17. The van der Waals surface area contributed by atoms with Crippen molar-refractivity contribution in [3.05, 3.63) is 35.8 Å². The van der Waals surface area contributed by atoms with Gasteiger partial charge in [-0.05, 0) is 44.9 Å². The highest BCUT2D eigenvalue weighted by molar-refractivity contribution is 5.95. The second-order valence-corrected chi connectivity index (χ2v) is 7.79. The maximum atomic E-state index is 14.7. The second-order valence-electron chi connectivity index (χ2n) is 7.79. The predicted octanol–water partition coefficient (Wildman–Crippen LogP) is 2.42. The molecular weight excluding hydrogens is 387 g/mol. The summed E-state index contributed by atoms with van der Waals surface area (Å²) in [5.74, 6) is -1.22. The van der Waals surface area contributed by atoms with Gasteiger partial charge in [0.15, 0.2) is 11.7 Å². The van der Waals surface area contributed by atoms with Crippen LogP contribution in [-0.2, 0) is 0 Å². The van der Waals surface area contributed by atoms with Gasteiger partial charge in [-0.15, -0.1) is 5.10 Å². The van der Waals surface area contributed by atoms with Crippen molar-refractivity contribution in [2.24, 2.45) is 27.6 Å². The van der Waals surface area contributed by atoms with Crippen LogP contribution in [0, 0.1) is 5.92 Å². The number of hydrogen-bond donors (Lipinski definition) is 3. The molecule has 0 spiro atoms. The van der Waals surface area contributed by atoms with Crippen molar-refractivity contribution in [1.82, 2.24) is 20.1 Å². The monoisotopic (exact) mass is 416 g/mol. The van der Waals surface area contributed by atoms with E-state index in [4.69, 9.17) is 11.5 Å². The van der Waals surface area contributed by atoms with Crippen LogP contribution >= 0.6 is 0 Å². The largest absolute Gasteiger partial charge is 0.399 e. The number of piperidine rings is 1. The smallest absolute Gasteiger partial charge is 0.291 e. The normalized spacial score (nSPS) is 24.9. The number of rotatable bonds is 8. The number of carbonyl (C=O) groups excluding carboxylic acids is 1. The summed E-state index contributed by atoms with van der Waals surface area (Å²) in [5.41, 5.74) is 13.0. The number of amidine groups is 1. The van der Waals surface area contributed by atoms with Crippen LogP contribution in [0.3, 0.4) is 0 Å². The Balaban J connectivity index is 1.63. The molecular formula is C20H29FN8O. The molecule has 162 valence electrons. The third-order valence-electron chi connectivity index (χ3n) is 5.88. The number of halogens is 1. The minimum absolute atomic E-state index is 0.0134. The minimum atomic E-state index is -0.732. The zero-order valence-electron chi connectivity index (χ0n) is 17.2. The van der Waals surface area contributed by atoms with Gasteiger partial charge in [-0.1, -0.05) is 19.1 Å². The fraction of sp³-hybridized carbons (Fsp3) is 0.550. The van der Waals surface area contributed by atoms with Gasteiger partial charge < -0.3 is 16.4 Å². The highest BCUT2D eigenvalue weighted by Crippen LogP contribution is 2.41. The van der Waals surface area contributed by atoms with Gasteiger partial charge in [-0.25, -0.2) is 9.37 Å². The zero-order chi connectivity index (χ0) is 21.7. The highest BCUT2D eigenvalue weighted by atomic mass is 19.1. The van der Waals surface area contributed by atoms with Crippen LogP contribution in [0.5, 0.6) is 0 Å². The Morgan fingerprint density at radius 3 is 2.70 bits per heavy atom. The Bertz CT molecular complexity index is 846. The van der Waals surface area contributed by atoms with E-state index in [1.165, 1.54) is 6.33 Å². The van der Waals surface area contributed by atoms with Gasteiger partial charge in [0.2, 0.25) is 5.82 Å². The lowest BCUT2D eigenvalue weighted by Crippen LogP contribution is -2.48. The van der Waals surface area contributed by atoms with E-state index in [0.717, 1.165) is 31.3 Å². The van der Waals surface area contributed by atoms with Gasteiger partial charge in [-0.3, -0.25) is 9.89 Å². The molecule has 30 heavy (non-hydrogen) atoms. The molecule has 2 saturated heterocycles. The number of aromatic amines is 1. The summed E-state index contributed by atoms with van der Waals surface area (Å²) in [7, 11) is 0. The minimum Gasteiger partial charge on any atom is -0.399 e. The van der Waals surface area contributed by atoms with Gasteiger partial charge in [0, 0.05) is 24.2 Å². The third kappa shape index (κ3) is 4.74. The molecule has 9 nitrogen and oxygen atoms in total. The lowest BCUT2D eigenvalue weighted by Gasteiger charge is -2.38. The number of nitrogens with two attached hydrogens (primary N) is 2. The van der Waals surface area contributed by atoms with Crippen molar-refractivity contribution in [3.63, 3.8) is 0 Å². The molecule has 5 N–H and O–H groups in total. The number of aromatic nitrogens is 3. The number of hydrogen-bond acceptors (Lipinski definition) is 6. The maximum absolute atomic E-state index is 14.7. The van der Waals surface area contributed by atoms with Crippen LogP contribution in [0.4, 0.5) is 4.39 Å². The van der Waals surface area contributed by atoms with Gasteiger partial charge in [-0.2, -0.15) is 10.2 Å². The third-order valence-corrected chi connectivity index (χ3v) is 5.88. The first-order chi connectivity index (χ1) is 14.4. The molecule has 0 aromatic carbocycles. The molecule has 1 aromatic rings. The van der Waals surface area contributed by atoms with Crippen LogP contribution in [0.25, 0.3) is 0 Å². The Labute approximate surface area is 175 Å². The van der Waals surface area contributed by atoms with Crippen molar-refractivity contribution in [1.29, 1.82) is 0 Å². The van der Waals surface area contributed by atoms with Crippen molar-refractivity contribution in [2.75, 3.05) is 0 Å². The van der Waals surface area contributed by atoms with E-state index in [-0.39, 0.29) is 41.3 Å². The molecule has 3 rings (SSSR count). The van der Waals surface area contributed by atoms with E-state index in [0.29, 0.717) is 19.3 Å². The maximum Gasteiger partial charge on any atom is 0.291 e. The van der Waals surface area contributed by atoms with E-state index < -0.39 is 5.83 Å². The molecule has 2 aliphatic rings. The molecule has 0 saturated carbocycles. The van der Waals surface area contributed by atoms with Crippen LogP contribution in [0.2, 0.25) is 0 Å². The number of carbonyl (C=O) groups is 1. The number of fused-ring (bicyclic) bond motifs is 2. The predicted molar refractivity (Wildman–Crippen MR) is 113 cm³/mol.